The molecule has 0 aliphatic carbocycles. The highest BCUT2D eigenvalue weighted by Crippen LogP contribution is 2.30. The van der Waals surface area contributed by atoms with Gasteiger partial charge < -0.3 is 4.74 Å². The zero-order valence-corrected chi connectivity index (χ0v) is 52.1. The fourth-order valence-corrected chi connectivity index (χ4v) is 9.11. The van der Waals surface area contributed by atoms with Gasteiger partial charge in [0.25, 0.3) is 0 Å². The minimum atomic E-state index is -0.0109. The molecule has 0 amide bonds. The third-order valence-electron chi connectivity index (χ3n) is 14.2. The SMILES string of the molecule is C[C@H](N=Cc1ccc2ccccc2n1)c1ccccc1.C[C@H]1N=C(c2ccccn2)O[C@H]1c1ccccc1.Cc1ccc(C=N[C@@H](C)c2ccccc2)nc1.Cc1cccc(C=N[C@@H](C)c2ccccc2)n1.Cc1cccc(C=N[C@@H](C)c2ccccc2)n1. The van der Waals surface area contributed by atoms with E-state index in [9.17, 15) is 0 Å². The second kappa shape index (κ2) is 34.6. The van der Waals surface area contributed by atoms with Crippen LogP contribution in [0.5, 0.6) is 0 Å². The molecular weight excluding hydrogens is 1090 g/mol. The monoisotopic (exact) mass is 1170 g/mol. The van der Waals surface area contributed by atoms with Gasteiger partial charge >= 0.3 is 0 Å². The van der Waals surface area contributed by atoms with E-state index in [1.807, 2.05) is 234 Å². The molecule has 0 fully saturated rings. The Bertz CT molecular complexity index is 3900. The van der Waals surface area contributed by atoms with E-state index in [1.54, 1.807) is 6.20 Å². The fourth-order valence-electron chi connectivity index (χ4n) is 9.11. The van der Waals surface area contributed by atoms with Crippen molar-refractivity contribution in [2.24, 2.45) is 25.0 Å². The third kappa shape index (κ3) is 21.4. The Hall–Kier alpha value is -10.5. The van der Waals surface area contributed by atoms with Gasteiger partial charge in [0.15, 0.2) is 0 Å². The normalized spacial score (nSPS) is 14.8. The molecule has 0 saturated heterocycles. The second-order valence-corrected chi connectivity index (χ2v) is 21.4. The maximum Gasteiger partial charge on any atom is 0.236 e. The first-order chi connectivity index (χ1) is 43.4. The van der Waals surface area contributed by atoms with Gasteiger partial charge in [-0.05, 0) is 143 Å². The van der Waals surface area contributed by atoms with E-state index >= 15 is 0 Å². The van der Waals surface area contributed by atoms with Crippen molar-refractivity contribution in [3.8, 4) is 0 Å². The number of fused-ring (bicyclic) bond motifs is 1. The molecule has 6 heterocycles. The van der Waals surface area contributed by atoms with Crippen molar-refractivity contribution in [3.63, 3.8) is 0 Å². The molecular formula is C78H78N10O. The van der Waals surface area contributed by atoms with E-state index in [4.69, 9.17) is 4.74 Å². The topological polar surface area (TPSA) is 135 Å². The van der Waals surface area contributed by atoms with Gasteiger partial charge in [0, 0.05) is 54.0 Å². The summed E-state index contributed by atoms with van der Waals surface area (Å²) < 4.78 is 5.93. The average Bonchev–Trinajstić information content (AvgIpc) is 4.24. The lowest BCUT2D eigenvalue weighted by Gasteiger charge is -2.14. The van der Waals surface area contributed by atoms with Gasteiger partial charge in [-0.15, -0.1) is 0 Å². The summed E-state index contributed by atoms with van der Waals surface area (Å²) in [5.74, 6) is 0.636. The Morgan fingerprint density at radius 3 is 1.24 bits per heavy atom. The van der Waals surface area contributed by atoms with Crippen molar-refractivity contribution < 1.29 is 4.74 Å². The lowest BCUT2D eigenvalue weighted by atomic mass is 10.0. The first-order valence-corrected chi connectivity index (χ1v) is 30.1. The van der Waals surface area contributed by atoms with Crippen LogP contribution >= 0.6 is 0 Å². The first-order valence-electron chi connectivity index (χ1n) is 30.1. The van der Waals surface area contributed by atoms with Crippen LogP contribution in [0.4, 0.5) is 0 Å². The Morgan fingerprint density at radius 2 is 0.798 bits per heavy atom. The zero-order valence-electron chi connectivity index (χ0n) is 52.1. The van der Waals surface area contributed by atoms with Crippen LogP contribution < -0.4 is 0 Å². The van der Waals surface area contributed by atoms with Crippen LogP contribution in [0.1, 0.15) is 138 Å². The molecule has 5 aromatic heterocycles. The maximum absolute atomic E-state index is 5.93. The largest absolute Gasteiger partial charge is 0.466 e. The van der Waals surface area contributed by atoms with Crippen LogP contribution in [0.15, 0.2) is 292 Å². The van der Waals surface area contributed by atoms with Gasteiger partial charge in [-0.2, -0.15) is 0 Å². The highest BCUT2D eigenvalue weighted by Gasteiger charge is 2.30. The second-order valence-electron chi connectivity index (χ2n) is 21.4. The number of nitrogens with zero attached hydrogens (tertiary/aromatic N) is 10. The van der Waals surface area contributed by atoms with Crippen molar-refractivity contribution >= 4 is 41.7 Å². The maximum atomic E-state index is 5.93. The predicted molar refractivity (Wildman–Crippen MR) is 369 cm³/mol. The number of pyridine rings is 5. The van der Waals surface area contributed by atoms with E-state index in [-0.39, 0.29) is 36.3 Å². The Labute approximate surface area is 525 Å². The fraction of sp³-hybridized carbons (Fsp3) is 0.179. The molecule has 0 radical (unpaired) electrons. The summed E-state index contributed by atoms with van der Waals surface area (Å²) in [5, 5.41) is 1.15. The molecule has 0 bridgehead atoms. The number of hydrogen-bond acceptors (Lipinski definition) is 11. The minimum Gasteiger partial charge on any atom is -0.466 e. The molecule has 89 heavy (non-hydrogen) atoms. The van der Waals surface area contributed by atoms with E-state index in [1.165, 1.54) is 27.8 Å². The van der Waals surface area contributed by atoms with Gasteiger partial charge in [0.05, 0.1) is 58.5 Å². The highest BCUT2D eigenvalue weighted by molar-refractivity contribution is 5.93. The predicted octanol–water partition coefficient (Wildman–Crippen LogP) is 18.1. The van der Waals surface area contributed by atoms with Crippen molar-refractivity contribution in [2.75, 3.05) is 0 Å². The molecule has 11 nitrogen and oxygen atoms in total. The summed E-state index contributed by atoms with van der Waals surface area (Å²) in [5.41, 5.74) is 14.6. The molecule has 1 aliphatic heterocycles. The number of benzene rings is 6. The Kier molecular flexibility index (Phi) is 25.1. The van der Waals surface area contributed by atoms with E-state index in [2.05, 4.69) is 157 Å². The number of aryl methyl sites for hydroxylation is 3. The molecule has 446 valence electrons. The molecule has 1 aliphatic rings. The van der Waals surface area contributed by atoms with Crippen LogP contribution in [0.25, 0.3) is 10.9 Å². The summed E-state index contributed by atoms with van der Waals surface area (Å²) in [4.78, 5) is 44.6. The van der Waals surface area contributed by atoms with E-state index < -0.39 is 0 Å². The summed E-state index contributed by atoms with van der Waals surface area (Å²) >= 11 is 0. The summed E-state index contributed by atoms with van der Waals surface area (Å²) in [6.07, 6.45) is 11.0. The molecule has 0 unspecified atom stereocenters. The van der Waals surface area contributed by atoms with Gasteiger partial charge in [-0.3, -0.25) is 39.9 Å². The first kappa shape index (κ1) is 64.5. The molecule has 12 rings (SSSR count). The minimum absolute atomic E-state index is 0.0109. The zero-order chi connectivity index (χ0) is 62.4. The van der Waals surface area contributed by atoms with Gasteiger partial charge in [-0.25, -0.2) is 9.98 Å². The molecule has 11 aromatic rings. The van der Waals surface area contributed by atoms with Crippen LogP contribution in [-0.4, -0.2) is 61.7 Å². The number of rotatable bonds is 14. The molecule has 6 atom stereocenters. The number of para-hydroxylation sites is 1. The van der Waals surface area contributed by atoms with Crippen molar-refractivity contribution in [3.05, 3.63) is 340 Å². The quantitative estimate of drug-likeness (QED) is 0.0995. The summed E-state index contributed by atoms with van der Waals surface area (Å²) in [6.45, 7) is 16.4. The van der Waals surface area contributed by atoms with Crippen LogP contribution in [0.2, 0.25) is 0 Å². The smallest absolute Gasteiger partial charge is 0.236 e. The summed E-state index contributed by atoms with van der Waals surface area (Å²) in [6, 6.07) is 85.8. The van der Waals surface area contributed by atoms with Crippen molar-refractivity contribution in [1.29, 1.82) is 0 Å². The standard InChI is InChI=1S/C18H16N2.C15H14N2O.3C15H16N2/c1-14(15-7-3-2-4-8-15)19-13-17-12-11-16-9-5-6-10-18(16)20-17;1-11-14(12-7-3-2-4-8-12)18-15(17-11)13-9-5-6-10-16-13;2*1-12-7-6-10-15(17-12)11-16-13(2)14-8-4-3-5-9-14;1-12-8-9-15(17-10-12)11-16-13(2)14-6-4-3-5-7-14/h2-14H,1H3;2-11,14H,1H3;3*3-11,13H,1-2H3/t14-;11-,14-;3*13-/m01000/s1. The molecule has 0 N–H and O–H groups in total. The summed E-state index contributed by atoms with van der Waals surface area (Å²) in [7, 11) is 0. The number of aliphatic imine (C=N–C) groups is 5. The van der Waals surface area contributed by atoms with Crippen molar-refractivity contribution in [2.45, 2.75) is 91.7 Å². The number of hydrogen-bond donors (Lipinski definition) is 0. The average molecular weight is 1170 g/mol. The number of aromatic nitrogens is 5. The van der Waals surface area contributed by atoms with Crippen LogP contribution in [-0.2, 0) is 4.74 Å². The molecule has 0 spiro atoms. The van der Waals surface area contributed by atoms with Gasteiger partial charge in [-0.1, -0.05) is 200 Å². The Balaban J connectivity index is 0.000000144. The lowest BCUT2D eigenvalue weighted by Crippen LogP contribution is -2.11. The number of ether oxygens (including phenoxy) is 1. The van der Waals surface area contributed by atoms with Crippen LogP contribution in [0, 0.1) is 20.8 Å². The Morgan fingerprint density at radius 1 is 0.382 bits per heavy atom. The molecule has 11 heteroatoms. The van der Waals surface area contributed by atoms with Gasteiger partial charge in [0.2, 0.25) is 5.90 Å². The lowest BCUT2D eigenvalue weighted by molar-refractivity contribution is 0.202. The highest BCUT2D eigenvalue weighted by atomic mass is 16.5. The third-order valence-corrected chi connectivity index (χ3v) is 14.2. The van der Waals surface area contributed by atoms with Crippen molar-refractivity contribution in [1.82, 2.24) is 24.9 Å². The van der Waals surface area contributed by atoms with E-state index in [0.29, 0.717) is 5.90 Å². The van der Waals surface area contributed by atoms with Crippen LogP contribution in [0.3, 0.4) is 0 Å². The molecule has 0 saturated carbocycles. The van der Waals surface area contributed by atoms with Gasteiger partial charge in [0.1, 0.15) is 11.8 Å². The van der Waals surface area contributed by atoms with E-state index in [0.717, 1.165) is 56.3 Å². The molecule has 6 aromatic carbocycles.